The molecule has 0 aromatic heterocycles. The van der Waals surface area contributed by atoms with Gasteiger partial charge in [0.05, 0.1) is 33.0 Å². The molecule has 0 amide bonds. The van der Waals surface area contributed by atoms with Gasteiger partial charge in [-0.3, -0.25) is 4.90 Å². The van der Waals surface area contributed by atoms with Gasteiger partial charge in [-0.15, -0.1) is 0 Å². The topological polar surface area (TPSA) is 106 Å². The van der Waals surface area contributed by atoms with Crippen molar-refractivity contribution in [2.24, 2.45) is 0 Å². The van der Waals surface area contributed by atoms with Crippen LogP contribution in [0.3, 0.4) is 0 Å². The third-order valence-corrected chi connectivity index (χ3v) is 4.30. The molecule has 0 aliphatic heterocycles. The van der Waals surface area contributed by atoms with Crippen LogP contribution < -0.4 is 20.1 Å². The van der Waals surface area contributed by atoms with Crippen LogP contribution in [-0.2, 0) is 0 Å². The van der Waals surface area contributed by atoms with Crippen molar-refractivity contribution in [2.45, 2.75) is 13.8 Å². The molecule has 0 aliphatic carbocycles. The molecular weight excluding hydrogens is 430 g/mol. The van der Waals surface area contributed by atoms with E-state index in [1.54, 1.807) is 4.90 Å². The molecule has 2 rings (SSSR count). The number of ether oxygens (including phenoxy) is 2. The quantitative estimate of drug-likeness (QED) is 0.302. The number of hydrogen-bond donors (Lipinski definition) is 5. The molecule has 0 atom stereocenters. The van der Waals surface area contributed by atoms with Crippen molar-refractivity contribution >= 4 is 28.7 Å². The predicted molar refractivity (Wildman–Crippen MR) is 133 cm³/mol. The van der Waals surface area contributed by atoms with Crippen LogP contribution in [0.5, 0.6) is 11.5 Å². The van der Waals surface area contributed by atoms with Crippen LogP contribution in [0.2, 0.25) is 0 Å². The van der Waals surface area contributed by atoms with E-state index in [2.05, 4.69) is 10.6 Å². The van der Waals surface area contributed by atoms with Gasteiger partial charge in [0.15, 0.2) is 5.11 Å². The number of aliphatic hydroxyl groups excluding tert-OH is 3. The van der Waals surface area contributed by atoms with Crippen molar-refractivity contribution in [1.82, 2.24) is 4.90 Å². The monoisotopic (exact) mass is 465 g/mol. The van der Waals surface area contributed by atoms with Crippen LogP contribution in [0, 0.1) is 0 Å². The van der Waals surface area contributed by atoms with Crippen LogP contribution in [0.4, 0.5) is 11.4 Å². The van der Waals surface area contributed by atoms with Crippen molar-refractivity contribution in [2.75, 3.05) is 63.3 Å². The molecule has 0 aliphatic rings. The average Bonchev–Trinajstić information content (AvgIpc) is 2.78. The van der Waals surface area contributed by atoms with Crippen molar-refractivity contribution < 1.29 is 24.8 Å². The molecule has 2 aromatic rings. The summed E-state index contributed by atoms with van der Waals surface area (Å²) in [6.45, 7) is 6.99. The molecule has 8 nitrogen and oxygen atoms in total. The Balaban J connectivity index is 0.000000433. The average molecular weight is 466 g/mol. The van der Waals surface area contributed by atoms with Gasteiger partial charge in [-0.25, -0.2) is 0 Å². The number of thiocarbonyl (C=S) groups is 1. The fraction of sp³-hybridized carbons (Fsp3) is 0.435. The third-order valence-electron chi connectivity index (χ3n) is 4.10. The fourth-order valence-electron chi connectivity index (χ4n) is 2.66. The second-order valence-electron chi connectivity index (χ2n) is 6.51. The smallest absolute Gasteiger partial charge is 0.175 e. The lowest BCUT2D eigenvalue weighted by Gasteiger charge is -2.17. The number of aliphatic hydroxyl groups is 3. The zero-order chi connectivity index (χ0) is 23.6. The fourth-order valence-corrected chi connectivity index (χ4v) is 2.89. The first-order valence-corrected chi connectivity index (χ1v) is 11.1. The Labute approximate surface area is 195 Å². The lowest BCUT2D eigenvalue weighted by Crippen LogP contribution is -2.32. The number of nitrogens with zero attached hydrogens (tertiary/aromatic N) is 1. The summed E-state index contributed by atoms with van der Waals surface area (Å²) < 4.78 is 10.8. The number of rotatable bonds is 12. The first-order chi connectivity index (χ1) is 15.6. The van der Waals surface area contributed by atoms with Gasteiger partial charge < -0.3 is 35.4 Å². The molecule has 0 fully saturated rings. The summed E-state index contributed by atoms with van der Waals surface area (Å²) in [6, 6.07) is 15.3. The summed E-state index contributed by atoms with van der Waals surface area (Å²) in [4.78, 5) is 1.79. The lowest BCUT2D eigenvalue weighted by atomic mass is 10.3. The molecule has 5 N–H and O–H groups in total. The van der Waals surface area contributed by atoms with Gasteiger partial charge in [-0.05, 0) is 74.6 Å². The van der Waals surface area contributed by atoms with E-state index in [-0.39, 0.29) is 19.8 Å². The number of benzene rings is 2. The Hall–Kier alpha value is -2.43. The van der Waals surface area contributed by atoms with Crippen molar-refractivity contribution in [1.29, 1.82) is 0 Å². The van der Waals surface area contributed by atoms with Crippen molar-refractivity contribution in [3.05, 3.63) is 48.5 Å². The van der Waals surface area contributed by atoms with Crippen molar-refractivity contribution in [3.63, 3.8) is 0 Å². The largest absolute Gasteiger partial charge is 0.494 e. The van der Waals surface area contributed by atoms with Gasteiger partial charge in [-0.1, -0.05) is 0 Å². The molecule has 0 saturated carbocycles. The Morgan fingerprint density at radius 3 is 1.34 bits per heavy atom. The van der Waals surface area contributed by atoms with Gasteiger partial charge in [0.25, 0.3) is 0 Å². The minimum Gasteiger partial charge on any atom is -0.494 e. The molecule has 0 spiro atoms. The summed E-state index contributed by atoms with van der Waals surface area (Å²) in [5.41, 5.74) is 1.82. The molecule has 0 radical (unpaired) electrons. The first kappa shape index (κ1) is 27.6. The van der Waals surface area contributed by atoms with E-state index >= 15 is 0 Å². The maximum absolute atomic E-state index is 8.48. The molecule has 0 unspecified atom stereocenters. The molecule has 9 heteroatoms. The Morgan fingerprint density at radius 2 is 1.06 bits per heavy atom. The van der Waals surface area contributed by atoms with Gasteiger partial charge in [-0.2, -0.15) is 0 Å². The molecule has 0 saturated heterocycles. The second-order valence-corrected chi connectivity index (χ2v) is 6.91. The minimum atomic E-state index is 0.0694. The number of hydrogen-bond acceptors (Lipinski definition) is 7. The maximum atomic E-state index is 8.48. The van der Waals surface area contributed by atoms with Crippen LogP contribution >= 0.6 is 12.2 Å². The van der Waals surface area contributed by atoms with Crippen molar-refractivity contribution in [3.8, 4) is 11.5 Å². The highest BCUT2D eigenvalue weighted by Gasteiger charge is 2.01. The molecular formula is C23H35N3O5S. The molecule has 0 bridgehead atoms. The van der Waals surface area contributed by atoms with Crippen LogP contribution in [0.25, 0.3) is 0 Å². The van der Waals surface area contributed by atoms with Gasteiger partial charge >= 0.3 is 0 Å². The molecule has 0 heterocycles. The molecule has 32 heavy (non-hydrogen) atoms. The Kier molecular flexibility index (Phi) is 14.8. The summed E-state index contributed by atoms with van der Waals surface area (Å²) in [5, 5.41) is 32.3. The zero-order valence-corrected chi connectivity index (χ0v) is 19.6. The van der Waals surface area contributed by atoms with E-state index in [4.69, 9.17) is 37.0 Å². The molecule has 2 aromatic carbocycles. The highest BCUT2D eigenvalue weighted by Crippen LogP contribution is 2.18. The highest BCUT2D eigenvalue weighted by atomic mass is 32.1. The summed E-state index contributed by atoms with van der Waals surface area (Å²) in [6.07, 6.45) is 0. The highest BCUT2D eigenvalue weighted by molar-refractivity contribution is 7.80. The van der Waals surface area contributed by atoms with E-state index in [1.807, 2.05) is 62.4 Å². The van der Waals surface area contributed by atoms with Crippen LogP contribution in [0.1, 0.15) is 13.8 Å². The number of nitrogens with one attached hydrogen (secondary N) is 2. The number of anilines is 2. The Morgan fingerprint density at radius 1 is 0.719 bits per heavy atom. The van der Waals surface area contributed by atoms with E-state index in [0.717, 1.165) is 22.9 Å². The maximum Gasteiger partial charge on any atom is 0.175 e. The summed E-state index contributed by atoms with van der Waals surface area (Å²) in [5.74, 6) is 1.69. The normalized spacial score (nSPS) is 10.2. The van der Waals surface area contributed by atoms with E-state index < -0.39 is 0 Å². The van der Waals surface area contributed by atoms with E-state index in [9.17, 15) is 0 Å². The minimum absolute atomic E-state index is 0.0694. The second kappa shape index (κ2) is 17.2. The lowest BCUT2D eigenvalue weighted by molar-refractivity contribution is 0.136. The predicted octanol–water partition coefficient (Wildman–Crippen LogP) is 2.56. The van der Waals surface area contributed by atoms with E-state index in [0.29, 0.717) is 38.0 Å². The Bertz CT molecular complexity index is 677. The SMILES string of the molecule is CCOc1ccc(NC(=S)Nc2ccc(OCC)cc2)cc1.OCCN(CCO)CCO. The standard InChI is InChI=1S/C17H20N2O2S.C6H15NO3/c1-3-20-15-9-5-13(6-10-15)18-17(22)19-14-7-11-16(12-8-14)21-4-2;8-4-1-7(2-5-9)3-6-10/h5-12H,3-4H2,1-2H3,(H2,18,19,22);8-10H,1-6H2. The van der Waals surface area contributed by atoms with Crippen LogP contribution in [0.15, 0.2) is 48.5 Å². The molecule has 178 valence electrons. The third kappa shape index (κ3) is 11.8. The zero-order valence-electron chi connectivity index (χ0n) is 18.8. The van der Waals surface area contributed by atoms with Gasteiger partial charge in [0.2, 0.25) is 0 Å². The van der Waals surface area contributed by atoms with Crippen LogP contribution in [-0.4, -0.2) is 78.0 Å². The van der Waals surface area contributed by atoms with E-state index in [1.165, 1.54) is 0 Å². The summed E-state index contributed by atoms with van der Waals surface area (Å²) in [7, 11) is 0. The summed E-state index contributed by atoms with van der Waals surface area (Å²) >= 11 is 5.30. The first-order valence-electron chi connectivity index (χ1n) is 10.6. The van der Waals surface area contributed by atoms with Gasteiger partial charge in [0, 0.05) is 31.0 Å². The van der Waals surface area contributed by atoms with Gasteiger partial charge in [0.1, 0.15) is 11.5 Å².